The first-order chi connectivity index (χ1) is 13.1. The first-order valence-electron chi connectivity index (χ1n) is 10.00. The molecule has 0 amide bonds. The van der Waals surface area contributed by atoms with Crippen LogP contribution in [0.4, 0.5) is 8.78 Å². The topological polar surface area (TPSA) is 27.7 Å². The van der Waals surface area contributed by atoms with Crippen molar-refractivity contribution in [3.8, 4) is 5.75 Å². The van der Waals surface area contributed by atoms with Gasteiger partial charge in [-0.25, -0.2) is 4.39 Å². The van der Waals surface area contributed by atoms with E-state index in [2.05, 4.69) is 6.08 Å². The minimum absolute atomic E-state index is 0.0420. The van der Waals surface area contributed by atoms with Crippen LogP contribution in [0.1, 0.15) is 56.9 Å². The van der Waals surface area contributed by atoms with E-state index < -0.39 is 11.6 Å². The van der Waals surface area contributed by atoms with E-state index >= 15 is 0 Å². The summed E-state index contributed by atoms with van der Waals surface area (Å²) in [6.45, 7) is 3.49. The molecule has 2 unspecified atom stereocenters. The molecule has 1 aliphatic heterocycles. The number of methoxy groups -OCH3 is 1. The van der Waals surface area contributed by atoms with Gasteiger partial charge in [-0.3, -0.25) is 0 Å². The molecule has 150 valence electrons. The zero-order valence-electron chi connectivity index (χ0n) is 16.3. The summed E-state index contributed by atoms with van der Waals surface area (Å²) in [5.41, 5.74) is 0.461. The van der Waals surface area contributed by atoms with Crippen molar-refractivity contribution in [2.24, 2.45) is 5.92 Å². The van der Waals surface area contributed by atoms with Crippen LogP contribution in [0.2, 0.25) is 0 Å². The molecule has 1 heterocycles. The fraction of sp³-hybridized carbons (Fsp3) is 0.636. The quantitative estimate of drug-likeness (QED) is 0.620. The minimum atomic E-state index is -0.887. The summed E-state index contributed by atoms with van der Waals surface area (Å²) in [6, 6.07) is 3.17. The van der Waals surface area contributed by atoms with E-state index in [-0.39, 0.29) is 23.9 Å². The molecule has 0 N–H and O–H groups in total. The lowest BCUT2D eigenvalue weighted by atomic mass is 9.82. The maximum Gasteiger partial charge on any atom is 0.200 e. The van der Waals surface area contributed by atoms with Crippen LogP contribution in [0.5, 0.6) is 5.75 Å². The molecule has 1 aromatic rings. The second-order valence-corrected chi connectivity index (χ2v) is 7.63. The van der Waals surface area contributed by atoms with Crippen molar-refractivity contribution in [1.29, 1.82) is 0 Å². The van der Waals surface area contributed by atoms with Crippen molar-refractivity contribution < 1.29 is 23.0 Å². The molecule has 27 heavy (non-hydrogen) atoms. The van der Waals surface area contributed by atoms with Gasteiger partial charge in [-0.1, -0.05) is 18.2 Å². The van der Waals surface area contributed by atoms with Crippen molar-refractivity contribution >= 4 is 0 Å². The molecule has 2 fully saturated rings. The van der Waals surface area contributed by atoms with Gasteiger partial charge >= 0.3 is 0 Å². The van der Waals surface area contributed by atoms with Crippen molar-refractivity contribution in [3.05, 3.63) is 41.5 Å². The summed E-state index contributed by atoms with van der Waals surface area (Å²) in [5, 5.41) is 0. The van der Waals surface area contributed by atoms with Crippen LogP contribution in [0.25, 0.3) is 0 Å². The van der Waals surface area contributed by atoms with E-state index in [0.717, 1.165) is 51.7 Å². The highest BCUT2D eigenvalue weighted by molar-refractivity contribution is 5.33. The predicted molar refractivity (Wildman–Crippen MR) is 101 cm³/mol. The highest BCUT2D eigenvalue weighted by Crippen LogP contribution is 2.37. The number of ether oxygens (including phenoxy) is 3. The zero-order chi connectivity index (χ0) is 19.2. The summed E-state index contributed by atoms with van der Waals surface area (Å²) >= 11 is 0. The molecule has 3 nitrogen and oxygen atoms in total. The molecule has 0 aromatic heterocycles. The number of benzene rings is 1. The highest BCUT2D eigenvalue weighted by atomic mass is 19.2. The molecule has 0 spiro atoms. The Morgan fingerprint density at radius 2 is 1.85 bits per heavy atom. The second-order valence-electron chi connectivity index (χ2n) is 7.63. The van der Waals surface area contributed by atoms with Crippen LogP contribution in [0, 0.1) is 17.6 Å². The molecular formula is C22H30F2O3. The van der Waals surface area contributed by atoms with Gasteiger partial charge in [0.25, 0.3) is 0 Å². The molecular weight excluding hydrogens is 350 g/mol. The van der Waals surface area contributed by atoms with Gasteiger partial charge in [0.2, 0.25) is 5.82 Å². The van der Waals surface area contributed by atoms with Crippen molar-refractivity contribution in [1.82, 2.24) is 0 Å². The number of rotatable bonds is 6. The summed E-state index contributed by atoms with van der Waals surface area (Å²) in [5.74, 6) is -1.20. The number of hydrogen-bond acceptors (Lipinski definition) is 3. The first-order valence-corrected chi connectivity index (χ1v) is 10.00. The standard InChI is InChI=1S/C22H30F2O3/c1-3-4-17-8-5-15(13-26-17)14-27-18-9-6-16(7-10-18)19-11-12-20(25-2)22(24)21(19)23/h3-4,11-12,15-18H,5-10,13-14H2,1-2H3. The summed E-state index contributed by atoms with van der Waals surface area (Å²) in [7, 11) is 1.35. The maximum atomic E-state index is 14.3. The van der Waals surface area contributed by atoms with E-state index in [9.17, 15) is 8.78 Å². The van der Waals surface area contributed by atoms with Gasteiger partial charge in [0, 0.05) is 5.92 Å². The lowest BCUT2D eigenvalue weighted by molar-refractivity contribution is -0.0503. The highest BCUT2D eigenvalue weighted by Gasteiger charge is 2.28. The van der Waals surface area contributed by atoms with Crippen LogP contribution in [-0.4, -0.2) is 32.5 Å². The van der Waals surface area contributed by atoms with Crippen molar-refractivity contribution in [2.45, 2.75) is 63.6 Å². The number of halogens is 2. The molecule has 2 atom stereocenters. The van der Waals surface area contributed by atoms with Gasteiger partial charge in [-0.15, -0.1) is 0 Å². The Balaban J connectivity index is 1.44. The van der Waals surface area contributed by atoms with E-state index in [1.54, 1.807) is 6.07 Å². The van der Waals surface area contributed by atoms with E-state index in [4.69, 9.17) is 14.2 Å². The van der Waals surface area contributed by atoms with Gasteiger partial charge in [-0.05, 0) is 63.0 Å². The average Bonchev–Trinajstić information content (AvgIpc) is 2.70. The van der Waals surface area contributed by atoms with Gasteiger partial charge in [-0.2, -0.15) is 4.39 Å². The van der Waals surface area contributed by atoms with Crippen molar-refractivity contribution in [2.75, 3.05) is 20.3 Å². The van der Waals surface area contributed by atoms with Gasteiger partial charge in [0.05, 0.1) is 32.5 Å². The lowest BCUT2D eigenvalue weighted by Crippen LogP contribution is -2.30. The minimum Gasteiger partial charge on any atom is -0.494 e. The molecule has 2 aliphatic rings. The molecule has 0 bridgehead atoms. The van der Waals surface area contributed by atoms with Gasteiger partial charge < -0.3 is 14.2 Å². The largest absolute Gasteiger partial charge is 0.494 e. The number of hydrogen-bond donors (Lipinski definition) is 0. The smallest absolute Gasteiger partial charge is 0.200 e. The van der Waals surface area contributed by atoms with E-state index in [1.807, 2.05) is 13.0 Å². The third kappa shape index (κ3) is 5.08. The summed E-state index contributed by atoms with van der Waals surface area (Å²) in [6.07, 6.45) is 10.2. The molecule has 3 rings (SSSR count). The van der Waals surface area contributed by atoms with Gasteiger partial charge in [0.15, 0.2) is 11.6 Å². The SMILES string of the molecule is CC=CC1CCC(COC2CCC(c3ccc(OC)c(F)c3F)CC2)CO1. The average molecular weight is 380 g/mol. The fourth-order valence-corrected chi connectivity index (χ4v) is 4.16. The summed E-state index contributed by atoms with van der Waals surface area (Å²) in [4.78, 5) is 0. The monoisotopic (exact) mass is 380 g/mol. The Bertz CT molecular complexity index is 631. The molecule has 1 saturated heterocycles. The third-order valence-corrected chi connectivity index (χ3v) is 5.79. The van der Waals surface area contributed by atoms with Crippen LogP contribution >= 0.6 is 0 Å². The van der Waals surface area contributed by atoms with E-state index in [1.165, 1.54) is 13.2 Å². The summed E-state index contributed by atoms with van der Waals surface area (Å²) < 4.78 is 45.0. The molecule has 1 aromatic carbocycles. The van der Waals surface area contributed by atoms with Crippen LogP contribution < -0.4 is 4.74 Å². The van der Waals surface area contributed by atoms with Crippen LogP contribution in [0.3, 0.4) is 0 Å². The molecule has 1 aliphatic carbocycles. The molecule has 1 saturated carbocycles. The molecule has 0 radical (unpaired) electrons. The first kappa shape index (κ1) is 20.3. The third-order valence-electron chi connectivity index (χ3n) is 5.79. The Kier molecular flexibility index (Phi) is 7.25. The Labute approximate surface area is 160 Å². The Morgan fingerprint density at radius 3 is 2.48 bits per heavy atom. The lowest BCUT2D eigenvalue weighted by Gasteiger charge is -2.32. The van der Waals surface area contributed by atoms with E-state index in [0.29, 0.717) is 11.5 Å². The van der Waals surface area contributed by atoms with Crippen LogP contribution in [0.15, 0.2) is 24.3 Å². The Hall–Kier alpha value is -1.46. The predicted octanol–water partition coefficient (Wildman–Crippen LogP) is 5.39. The second kappa shape index (κ2) is 9.65. The van der Waals surface area contributed by atoms with Gasteiger partial charge in [0.1, 0.15) is 0 Å². The normalized spacial score (nSPS) is 29.2. The zero-order valence-corrected chi connectivity index (χ0v) is 16.3. The van der Waals surface area contributed by atoms with Crippen molar-refractivity contribution in [3.63, 3.8) is 0 Å². The molecule has 5 heteroatoms. The Morgan fingerprint density at radius 1 is 1.07 bits per heavy atom. The van der Waals surface area contributed by atoms with Crippen LogP contribution in [-0.2, 0) is 9.47 Å². The maximum absolute atomic E-state index is 14.3. The fourth-order valence-electron chi connectivity index (χ4n) is 4.16. The number of allylic oxidation sites excluding steroid dienone is 1.